The van der Waals surface area contributed by atoms with Crippen LogP contribution in [-0.4, -0.2) is 30.9 Å². The third-order valence-electron chi connectivity index (χ3n) is 3.67. The Bertz CT molecular complexity index is 408. The Balaban J connectivity index is 2.31. The number of rotatable bonds is 2. The van der Waals surface area contributed by atoms with Gasteiger partial charge in [-0.3, -0.25) is 0 Å². The second-order valence-corrected chi connectivity index (χ2v) is 7.54. The molecule has 0 bridgehead atoms. The number of hydrogen-bond donors (Lipinski definition) is 0. The van der Waals surface area contributed by atoms with Crippen LogP contribution >= 0.6 is 7.92 Å². The molecule has 2 atom stereocenters. The van der Waals surface area contributed by atoms with Crippen LogP contribution in [0, 0.1) is 0 Å². The molecule has 0 N–H and O–H groups in total. The van der Waals surface area contributed by atoms with E-state index in [1.807, 2.05) is 0 Å². The maximum Gasteiger partial charge on any atom is 0.0371 e. The van der Waals surface area contributed by atoms with E-state index in [0.717, 1.165) is 0 Å². The molecule has 0 saturated heterocycles. The van der Waals surface area contributed by atoms with Crippen LogP contribution in [0.3, 0.4) is 0 Å². The average molecular weight is 247 g/mol. The summed E-state index contributed by atoms with van der Waals surface area (Å²) in [4.78, 5) is 2.41. The Kier molecular flexibility index (Phi) is 4.01. The fourth-order valence-corrected chi connectivity index (χ4v) is 5.52. The Hall–Kier alpha value is -0.650. The molecule has 0 radical (unpaired) electrons. The van der Waals surface area contributed by atoms with Crippen LogP contribution in [0.15, 0.2) is 41.5 Å². The molecule has 0 aromatic heterocycles. The van der Waals surface area contributed by atoms with Crippen molar-refractivity contribution in [2.75, 3.05) is 20.3 Å². The van der Waals surface area contributed by atoms with Crippen LogP contribution in [0.4, 0.5) is 0 Å². The van der Waals surface area contributed by atoms with Crippen molar-refractivity contribution < 1.29 is 0 Å². The summed E-state index contributed by atoms with van der Waals surface area (Å²) in [5.41, 5.74) is 3.21. The van der Waals surface area contributed by atoms with Gasteiger partial charge >= 0.3 is 0 Å². The number of allylic oxidation sites excluding steroid dienone is 1. The van der Waals surface area contributed by atoms with Crippen LogP contribution in [0.2, 0.25) is 0 Å². The second-order valence-electron chi connectivity index (χ2n) is 5.17. The molecule has 0 spiro atoms. The van der Waals surface area contributed by atoms with Crippen molar-refractivity contribution >= 4 is 13.2 Å². The Labute approximate surface area is 106 Å². The minimum atomic E-state index is -0.0676. The van der Waals surface area contributed by atoms with E-state index in [0.29, 0.717) is 5.78 Å². The molecule has 2 rings (SSSR count). The summed E-state index contributed by atoms with van der Waals surface area (Å²) in [6.07, 6.45) is 2.51. The molecule has 1 aromatic carbocycles. The summed E-state index contributed by atoms with van der Waals surface area (Å²) >= 11 is 0. The number of nitrogens with zero attached hydrogens (tertiary/aromatic N) is 1. The first-order chi connectivity index (χ1) is 8.09. The quantitative estimate of drug-likeness (QED) is 0.571. The molecule has 2 heteroatoms. The molecule has 0 fully saturated rings. The lowest BCUT2D eigenvalue weighted by Gasteiger charge is -2.38. The van der Waals surface area contributed by atoms with E-state index < -0.39 is 0 Å². The fourth-order valence-electron chi connectivity index (χ4n) is 2.40. The van der Waals surface area contributed by atoms with Crippen molar-refractivity contribution in [2.45, 2.75) is 26.1 Å². The largest absolute Gasteiger partial charge is 0.302 e. The van der Waals surface area contributed by atoms with Gasteiger partial charge in [-0.15, -0.1) is 0 Å². The number of hydrogen-bond acceptors (Lipinski definition) is 1. The minimum absolute atomic E-state index is 0.0676. The summed E-state index contributed by atoms with van der Waals surface area (Å²) in [6.45, 7) is 4.60. The van der Waals surface area contributed by atoms with E-state index in [2.05, 4.69) is 63.2 Å². The molecule has 2 unspecified atom stereocenters. The van der Waals surface area contributed by atoms with Gasteiger partial charge in [-0.25, -0.2) is 0 Å². The summed E-state index contributed by atoms with van der Waals surface area (Å²) in [5.74, 6) is 0.705. The van der Waals surface area contributed by atoms with Crippen molar-refractivity contribution in [1.29, 1.82) is 0 Å². The third-order valence-corrected chi connectivity index (χ3v) is 6.81. The van der Waals surface area contributed by atoms with Gasteiger partial charge in [0.1, 0.15) is 0 Å². The van der Waals surface area contributed by atoms with E-state index in [-0.39, 0.29) is 7.92 Å². The predicted octanol–water partition coefficient (Wildman–Crippen LogP) is 3.42. The van der Waals surface area contributed by atoms with Gasteiger partial charge in [-0.05, 0) is 45.8 Å². The zero-order valence-electron chi connectivity index (χ0n) is 11.3. The van der Waals surface area contributed by atoms with E-state index in [9.17, 15) is 0 Å². The normalized spacial score (nSPS) is 25.5. The topological polar surface area (TPSA) is 3.24 Å². The van der Waals surface area contributed by atoms with Crippen LogP contribution in [-0.2, 0) is 0 Å². The molecule has 1 aromatic rings. The van der Waals surface area contributed by atoms with Gasteiger partial charge in [-0.1, -0.05) is 49.4 Å². The van der Waals surface area contributed by atoms with E-state index >= 15 is 0 Å². The van der Waals surface area contributed by atoms with Gasteiger partial charge in [0, 0.05) is 5.78 Å². The summed E-state index contributed by atoms with van der Waals surface area (Å²) in [5, 5.41) is 1.55. The lowest BCUT2D eigenvalue weighted by Crippen LogP contribution is -2.33. The average Bonchev–Trinajstić information content (AvgIpc) is 2.33. The molecule has 92 valence electrons. The molecule has 17 heavy (non-hydrogen) atoms. The highest BCUT2D eigenvalue weighted by Gasteiger charge is 2.29. The second kappa shape index (κ2) is 5.33. The highest BCUT2D eigenvalue weighted by molar-refractivity contribution is 7.66. The van der Waals surface area contributed by atoms with Gasteiger partial charge in [0.25, 0.3) is 0 Å². The minimum Gasteiger partial charge on any atom is -0.302 e. The van der Waals surface area contributed by atoms with Gasteiger partial charge in [-0.2, -0.15) is 0 Å². The Morgan fingerprint density at radius 3 is 2.29 bits per heavy atom. The molecule has 1 heterocycles. The van der Waals surface area contributed by atoms with E-state index in [1.54, 1.807) is 16.5 Å². The Morgan fingerprint density at radius 2 is 1.71 bits per heavy atom. The first-order valence-corrected chi connectivity index (χ1v) is 7.82. The van der Waals surface area contributed by atoms with Crippen LogP contribution in [0.25, 0.3) is 0 Å². The van der Waals surface area contributed by atoms with E-state index in [4.69, 9.17) is 0 Å². The molecule has 0 saturated carbocycles. The highest BCUT2D eigenvalue weighted by atomic mass is 31.1. The third kappa shape index (κ3) is 2.78. The molecular formula is C15H22NP. The van der Waals surface area contributed by atoms with Crippen molar-refractivity contribution in [3.05, 3.63) is 41.5 Å². The molecule has 1 aliphatic rings. The lowest BCUT2D eigenvalue weighted by molar-refractivity contribution is 0.373. The first kappa shape index (κ1) is 12.8. The van der Waals surface area contributed by atoms with Gasteiger partial charge in [0.05, 0.1) is 0 Å². The zero-order chi connectivity index (χ0) is 12.4. The van der Waals surface area contributed by atoms with Gasteiger partial charge < -0.3 is 4.90 Å². The van der Waals surface area contributed by atoms with Crippen molar-refractivity contribution in [2.24, 2.45) is 0 Å². The smallest absolute Gasteiger partial charge is 0.0371 e. The standard InChI is InChI=1S/C15H22NP/c1-12-10-15(16(3)4)17(11-13(12)2)14-8-6-5-7-9-14/h5-9,15H,10-11H2,1-4H3. The SMILES string of the molecule is CC1=C(C)CP(c2ccccc2)C(N(C)C)C1. The molecule has 0 aliphatic carbocycles. The van der Waals surface area contributed by atoms with Crippen LogP contribution in [0.5, 0.6) is 0 Å². The molecule has 1 aliphatic heterocycles. The fraction of sp³-hybridized carbons (Fsp3) is 0.467. The molecule has 0 amide bonds. The van der Waals surface area contributed by atoms with Crippen molar-refractivity contribution in [1.82, 2.24) is 4.90 Å². The Morgan fingerprint density at radius 1 is 1.06 bits per heavy atom. The lowest BCUT2D eigenvalue weighted by atomic mass is 10.1. The maximum absolute atomic E-state index is 2.41. The molecule has 1 nitrogen and oxygen atoms in total. The van der Waals surface area contributed by atoms with Crippen molar-refractivity contribution in [3.8, 4) is 0 Å². The van der Waals surface area contributed by atoms with Gasteiger partial charge in [0.15, 0.2) is 0 Å². The summed E-state index contributed by atoms with van der Waals surface area (Å²) in [6, 6.07) is 11.1. The zero-order valence-corrected chi connectivity index (χ0v) is 12.2. The van der Waals surface area contributed by atoms with Crippen molar-refractivity contribution in [3.63, 3.8) is 0 Å². The van der Waals surface area contributed by atoms with Gasteiger partial charge in [0.2, 0.25) is 0 Å². The van der Waals surface area contributed by atoms with Crippen LogP contribution < -0.4 is 5.30 Å². The van der Waals surface area contributed by atoms with E-state index in [1.165, 1.54) is 12.6 Å². The number of benzene rings is 1. The van der Waals surface area contributed by atoms with Crippen LogP contribution in [0.1, 0.15) is 20.3 Å². The highest BCUT2D eigenvalue weighted by Crippen LogP contribution is 2.49. The summed E-state index contributed by atoms with van der Waals surface area (Å²) in [7, 11) is 4.37. The monoisotopic (exact) mass is 247 g/mol. The molecular weight excluding hydrogens is 225 g/mol. The summed E-state index contributed by atoms with van der Waals surface area (Å²) < 4.78 is 0. The first-order valence-electron chi connectivity index (χ1n) is 6.23. The predicted molar refractivity (Wildman–Crippen MR) is 78.3 cm³/mol. The maximum atomic E-state index is 2.41.